The van der Waals surface area contributed by atoms with Crippen molar-refractivity contribution in [2.45, 2.75) is 63.6 Å². The van der Waals surface area contributed by atoms with E-state index in [2.05, 4.69) is 10.3 Å². The molecular weight excluding hydrogens is 1220 g/mol. The van der Waals surface area contributed by atoms with Gasteiger partial charge in [0.25, 0.3) is 11.8 Å². The first-order valence-electron chi connectivity index (χ1n) is 31.8. The molecule has 4 saturated heterocycles. The van der Waals surface area contributed by atoms with Crippen LogP contribution < -0.4 is 36.7 Å². The van der Waals surface area contributed by atoms with E-state index in [0.29, 0.717) is 123 Å². The molecular formula is C67H70N14O14. The lowest BCUT2D eigenvalue weighted by molar-refractivity contribution is -0.385. The van der Waals surface area contributed by atoms with Gasteiger partial charge in [0.05, 0.1) is 56.4 Å². The van der Waals surface area contributed by atoms with Crippen molar-refractivity contribution in [2.75, 3.05) is 99.8 Å². The van der Waals surface area contributed by atoms with Gasteiger partial charge in [-0.25, -0.2) is 0 Å². The number of nitro groups is 3. The number of para-hydroxylation sites is 3. The summed E-state index contributed by atoms with van der Waals surface area (Å²) in [5, 5.41) is 41.3. The number of piperidine rings is 1. The highest BCUT2D eigenvalue weighted by molar-refractivity contribution is 6.00. The van der Waals surface area contributed by atoms with Crippen LogP contribution in [0.4, 0.5) is 34.1 Å². The van der Waals surface area contributed by atoms with Crippen molar-refractivity contribution in [3.63, 3.8) is 0 Å². The lowest BCUT2D eigenvalue weighted by atomic mass is 10.0. The van der Waals surface area contributed by atoms with Gasteiger partial charge in [-0.1, -0.05) is 73.9 Å². The number of benzene rings is 3. The van der Waals surface area contributed by atoms with Crippen LogP contribution in [-0.4, -0.2) is 157 Å². The minimum Gasteiger partial charge on any atom is -0.459 e. The Labute approximate surface area is 542 Å². The molecule has 0 spiro atoms. The molecule has 4 aliphatic heterocycles. The standard InChI is InChI=1S/C24H21N5O5.C23H24N4O5.C20H25N5O4/c30-23(20-6-3-15-34-20)27-13-11-26(12-14-27)21-18-4-1-2-5-19(18)28(24(31)22(21)29(32)33)16-17-7-9-25-10-8-17;28-22(19-10-5-15-32-19)25-13-11-24(12-14-25)20-17-8-3-4-9-18(17)26(16-6-1-2-7-16)23(29)21(20)27(30)31;1-22-16-8-3-2-6-14(16)17(18(20(22)27)25(28)29)23-10-12-24(13-11-23)19(26)15-7-4-5-9-21-15/h1-10,15H,11-14,16H2;3-5,8-10,15-16H,1-2,6-7,11-14H2;2-3,6,8,15,21H,4-5,7,9-13H2,1H3. The second kappa shape index (κ2) is 28.1. The van der Waals surface area contributed by atoms with E-state index in [0.717, 1.165) is 62.6 Å². The summed E-state index contributed by atoms with van der Waals surface area (Å²) in [6, 6.07) is 31.8. The van der Waals surface area contributed by atoms with Gasteiger partial charge in [0, 0.05) is 120 Å². The first kappa shape index (κ1) is 64.1. The zero-order valence-corrected chi connectivity index (χ0v) is 52.2. The maximum absolute atomic E-state index is 13.4. The van der Waals surface area contributed by atoms with Crippen molar-refractivity contribution in [1.82, 2.24) is 38.7 Å². The van der Waals surface area contributed by atoms with E-state index < -0.39 is 42.8 Å². The number of aromatic nitrogens is 4. The Morgan fingerprint density at radius 1 is 0.505 bits per heavy atom. The minimum absolute atomic E-state index is 0.0112. The number of anilines is 3. The molecule has 95 heavy (non-hydrogen) atoms. The summed E-state index contributed by atoms with van der Waals surface area (Å²) < 4.78 is 14.8. The topological polar surface area (TPSA) is 317 Å². The number of carbonyl (C=O) groups is 3. The van der Waals surface area contributed by atoms with Gasteiger partial charge >= 0.3 is 33.7 Å². The SMILES string of the molecule is Cn1c(=O)c([N+](=O)[O-])c(N2CCN(C(=O)C3CCCCN3)CC2)c2ccccc21.O=C(c1ccco1)N1CCN(c2c([N+](=O)[O-])c(=O)n(C3CCCC3)c3ccccc23)CC1.O=C(c1ccco1)N1CCN(c2c([N+](=O)[O-])c(=O)n(Cc3ccncc3)c3ccccc23)CC1. The highest BCUT2D eigenvalue weighted by Gasteiger charge is 2.38. The number of piperazine rings is 3. The molecule has 28 nitrogen and oxygen atoms in total. The summed E-state index contributed by atoms with van der Waals surface area (Å²) in [5.74, 6) is 0.202. The molecule has 492 valence electrons. The minimum atomic E-state index is -0.662. The Balaban J connectivity index is 0.000000137. The number of nitrogens with zero attached hydrogens (tertiary/aromatic N) is 13. The van der Waals surface area contributed by atoms with Crippen LogP contribution >= 0.6 is 0 Å². The monoisotopic (exact) mass is 1290 g/mol. The Hall–Kier alpha value is -11.0. The van der Waals surface area contributed by atoms with Crippen molar-refractivity contribution >= 4 is 84.6 Å². The van der Waals surface area contributed by atoms with Crippen molar-refractivity contribution in [3.8, 4) is 0 Å². The average Bonchev–Trinajstić information content (AvgIpc) is 1.26. The Morgan fingerprint density at radius 3 is 1.41 bits per heavy atom. The first-order chi connectivity index (χ1) is 46.1. The predicted molar refractivity (Wildman–Crippen MR) is 354 cm³/mol. The predicted octanol–water partition coefficient (Wildman–Crippen LogP) is 7.73. The van der Waals surface area contributed by atoms with Crippen LogP contribution in [0.15, 0.2) is 157 Å². The van der Waals surface area contributed by atoms with Crippen LogP contribution in [0.2, 0.25) is 0 Å². The molecule has 1 unspecified atom stereocenters. The van der Waals surface area contributed by atoms with E-state index in [9.17, 15) is 59.1 Å². The fourth-order valence-corrected chi connectivity index (χ4v) is 13.8. The zero-order chi connectivity index (χ0) is 66.4. The summed E-state index contributed by atoms with van der Waals surface area (Å²) >= 11 is 0. The number of fused-ring (bicyclic) bond motifs is 3. The average molecular weight is 1300 g/mol. The summed E-state index contributed by atoms with van der Waals surface area (Å²) in [6.07, 6.45) is 12.9. The van der Waals surface area contributed by atoms with E-state index >= 15 is 0 Å². The van der Waals surface area contributed by atoms with E-state index in [1.807, 2.05) is 56.0 Å². The molecule has 5 fully saturated rings. The zero-order valence-electron chi connectivity index (χ0n) is 52.2. The molecule has 1 N–H and O–H groups in total. The molecule has 1 saturated carbocycles. The van der Waals surface area contributed by atoms with Crippen LogP contribution in [0.25, 0.3) is 32.7 Å². The molecule has 3 aromatic carbocycles. The number of rotatable bonds is 12. The van der Waals surface area contributed by atoms with Gasteiger partial charge in [0.1, 0.15) is 17.1 Å². The largest absolute Gasteiger partial charge is 0.459 e. The molecule has 0 radical (unpaired) electrons. The Morgan fingerprint density at radius 2 is 0.937 bits per heavy atom. The van der Waals surface area contributed by atoms with Gasteiger partial charge in [-0.3, -0.25) is 73.2 Å². The fourth-order valence-electron chi connectivity index (χ4n) is 13.8. The van der Waals surface area contributed by atoms with E-state index in [-0.39, 0.29) is 53.6 Å². The number of pyridine rings is 4. The second-order valence-corrected chi connectivity index (χ2v) is 24.0. The summed E-state index contributed by atoms with van der Waals surface area (Å²) in [6.45, 7) is 5.90. The second-order valence-electron chi connectivity index (χ2n) is 24.0. The molecule has 10 heterocycles. The summed E-state index contributed by atoms with van der Waals surface area (Å²) in [4.78, 5) is 126. The van der Waals surface area contributed by atoms with Crippen LogP contribution in [0.5, 0.6) is 0 Å². The van der Waals surface area contributed by atoms with Crippen molar-refractivity contribution in [1.29, 1.82) is 0 Å². The number of nitrogens with one attached hydrogen (secondary N) is 1. The molecule has 0 bridgehead atoms. The molecule has 3 amide bonds. The molecule has 9 aromatic rings. The maximum atomic E-state index is 13.4. The van der Waals surface area contributed by atoms with Crippen molar-refractivity contribution in [2.24, 2.45) is 7.05 Å². The number of amides is 3. The van der Waals surface area contributed by atoms with Gasteiger partial charge < -0.3 is 48.1 Å². The number of furan rings is 2. The van der Waals surface area contributed by atoms with Crippen LogP contribution in [-0.2, 0) is 18.4 Å². The van der Waals surface area contributed by atoms with E-state index in [4.69, 9.17) is 8.83 Å². The molecule has 1 atom stereocenters. The van der Waals surface area contributed by atoms with Crippen molar-refractivity contribution in [3.05, 3.63) is 213 Å². The van der Waals surface area contributed by atoms with Crippen molar-refractivity contribution < 1.29 is 38.0 Å². The Bertz CT molecular complexity index is 4540. The molecule has 5 aliphatic rings. The normalized spacial score (nSPS) is 16.9. The third-order valence-electron chi connectivity index (χ3n) is 18.5. The van der Waals surface area contributed by atoms with Crippen LogP contribution in [0, 0.1) is 30.3 Å². The van der Waals surface area contributed by atoms with Crippen LogP contribution in [0.3, 0.4) is 0 Å². The van der Waals surface area contributed by atoms with Gasteiger partial charge in [-0.05, 0) is 92.4 Å². The summed E-state index contributed by atoms with van der Waals surface area (Å²) in [5.41, 5.74) is 0.770. The molecule has 1 aliphatic carbocycles. The van der Waals surface area contributed by atoms with Crippen LogP contribution in [0.1, 0.15) is 77.7 Å². The number of hydrogen-bond donors (Lipinski definition) is 1. The van der Waals surface area contributed by atoms with E-state index in [1.54, 1.807) is 107 Å². The quantitative estimate of drug-likeness (QED) is 0.0903. The maximum Gasteiger partial charge on any atom is 0.357 e. The van der Waals surface area contributed by atoms with Gasteiger partial charge in [0.15, 0.2) is 11.5 Å². The third kappa shape index (κ3) is 12.9. The number of carbonyl (C=O) groups excluding carboxylic acids is 3. The molecule has 14 rings (SSSR count). The number of hydrogen-bond acceptors (Lipinski definition) is 19. The lowest BCUT2D eigenvalue weighted by Gasteiger charge is -2.38. The highest BCUT2D eigenvalue weighted by Crippen LogP contribution is 2.40. The van der Waals surface area contributed by atoms with E-state index in [1.165, 1.54) is 21.7 Å². The lowest BCUT2D eigenvalue weighted by Crippen LogP contribution is -2.55. The number of aryl methyl sites for hydroxylation is 1. The smallest absolute Gasteiger partial charge is 0.357 e. The van der Waals surface area contributed by atoms with Gasteiger partial charge in [0.2, 0.25) is 5.91 Å². The first-order valence-corrected chi connectivity index (χ1v) is 31.8. The highest BCUT2D eigenvalue weighted by atomic mass is 16.6. The van der Waals surface area contributed by atoms with Gasteiger partial charge in [-0.2, -0.15) is 0 Å². The van der Waals surface area contributed by atoms with Gasteiger partial charge in [-0.15, -0.1) is 0 Å². The third-order valence-corrected chi connectivity index (χ3v) is 18.5. The Kier molecular flexibility index (Phi) is 18.9. The molecule has 28 heteroatoms. The fraction of sp³-hybridized carbons (Fsp3) is 0.358. The molecule has 6 aromatic heterocycles. The summed E-state index contributed by atoms with van der Waals surface area (Å²) in [7, 11) is 1.55.